The third-order valence-electron chi connectivity index (χ3n) is 6.86. The van der Waals surface area contributed by atoms with E-state index in [-0.39, 0.29) is 17.6 Å². The van der Waals surface area contributed by atoms with Gasteiger partial charge in [0.25, 0.3) is 11.8 Å². The highest BCUT2D eigenvalue weighted by atomic mass is 16.5. The molecule has 2 aromatic heterocycles. The number of nitrogens with two attached hydrogens (primary N) is 1. The minimum atomic E-state index is -0.563. The Morgan fingerprint density at radius 1 is 1.02 bits per heavy atom. The van der Waals surface area contributed by atoms with Crippen LogP contribution in [0.5, 0.6) is 11.5 Å². The molecular weight excluding hydrogens is 510 g/mol. The number of ketones is 1. The molecule has 4 aromatic rings. The van der Waals surface area contributed by atoms with Crippen LogP contribution in [-0.4, -0.2) is 52.1 Å². The Bertz CT molecular complexity index is 1530. The molecule has 0 spiro atoms. The monoisotopic (exact) mass is 541 g/mol. The number of pyridine rings is 1. The third kappa shape index (κ3) is 5.96. The maximum Gasteiger partial charge on any atom is 0.287 e. The van der Waals surface area contributed by atoms with Crippen LogP contribution in [0, 0.1) is 5.92 Å². The summed E-state index contributed by atoms with van der Waals surface area (Å²) in [5.74, 6) is 0.395. The van der Waals surface area contributed by atoms with Crippen molar-refractivity contribution >= 4 is 28.5 Å². The minimum absolute atomic E-state index is 0.109. The first-order valence-electron chi connectivity index (χ1n) is 13.4. The van der Waals surface area contributed by atoms with Gasteiger partial charge in [0, 0.05) is 24.0 Å². The molecule has 1 saturated carbocycles. The maximum absolute atomic E-state index is 12.1. The van der Waals surface area contributed by atoms with Gasteiger partial charge in [-0.3, -0.25) is 14.4 Å². The average Bonchev–Trinajstić information content (AvgIpc) is 3.66. The Morgan fingerprint density at radius 3 is 2.48 bits per heavy atom. The van der Waals surface area contributed by atoms with Crippen molar-refractivity contribution in [1.82, 2.24) is 20.1 Å². The number of nitrogens with one attached hydrogen (secondary N) is 1. The van der Waals surface area contributed by atoms with Crippen LogP contribution in [0.3, 0.4) is 0 Å². The molecule has 1 aliphatic carbocycles. The van der Waals surface area contributed by atoms with Crippen molar-refractivity contribution in [3.8, 4) is 17.3 Å². The summed E-state index contributed by atoms with van der Waals surface area (Å²) in [6.45, 7) is 3.35. The Morgan fingerprint density at radius 2 is 1.75 bits per heavy atom. The van der Waals surface area contributed by atoms with Crippen LogP contribution in [0.1, 0.15) is 48.0 Å². The molecule has 1 fully saturated rings. The molecule has 10 nitrogen and oxygen atoms in total. The number of amides is 2. The van der Waals surface area contributed by atoms with E-state index in [0.717, 1.165) is 40.8 Å². The largest absolute Gasteiger partial charge is 0.494 e. The van der Waals surface area contributed by atoms with Crippen molar-refractivity contribution in [3.63, 3.8) is 0 Å². The molecule has 2 amide bonds. The molecule has 0 saturated heterocycles. The van der Waals surface area contributed by atoms with Crippen LogP contribution >= 0.6 is 0 Å². The molecule has 0 bridgehead atoms. The van der Waals surface area contributed by atoms with Crippen molar-refractivity contribution in [3.05, 3.63) is 78.1 Å². The van der Waals surface area contributed by atoms with Crippen molar-refractivity contribution in [1.29, 1.82) is 0 Å². The summed E-state index contributed by atoms with van der Waals surface area (Å²) in [4.78, 5) is 40.0. The molecule has 2 aromatic carbocycles. The van der Waals surface area contributed by atoms with E-state index in [0.29, 0.717) is 37.6 Å². The number of carbonyl (C=O) groups excluding carboxylic acids is 3. The number of primary amides is 1. The average molecular weight is 542 g/mol. The molecular formula is C30H31N5O5. The van der Waals surface area contributed by atoms with Gasteiger partial charge in [0.15, 0.2) is 5.82 Å². The van der Waals surface area contributed by atoms with Gasteiger partial charge in [-0.15, -0.1) is 0 Å². The molecule has 2 heterocycles. The number of fused-ring (bicyclic) bond motifs is 1. The van der Waals surface area contributed by atoms with Crippen molar-refractivity contribution in [2.45, 2.75) is 32.1 Å². The zero-order valence-corrected chi connectivity index (χ0v) is 22.2. The first kappa shape index (κ1) is 26.9. The number of aromatic nitrogens is 3. The van der Waals surface area contributed by atoms with Gasteiger partial charge in [-0.2, -0.15) is 5.10 Å². The number of ether oxygens (including phenoxy) is 2. The lowest BCUT2D eigenvalue weighted by molar-refractivity contribution is -0.138. The van der Waals surface area contributed by atoms with Crippen LogP contribution in [0.15, 0.2) is 67.0 Å². The Labute approximate surface area is 231 Å². The number of carbonyl (C=O) groups is 3. The standard InChI is InChI=1S/C30H31N5O5/c1-2-32-30(38)27(36)25-17-24(25)19-7-9-21(10-8-19)39-14-3-4-15-40-22-11-12-26-20(16-22)18-34-35(26)29-23(28(31)37)6-5-13-33-29/h5-13,16,18,24-25H,2-4,14-15,17H2,1H3,(H2,31,37)(H,32,38)/t24?,25-/m0/s1. The summed E-state index contributed by atoms with van der Waals surface area (Å²) < 4.78 is 13.4. The van der Waals surface area contributed by atoms with Gasteiger partial charge >= 0.3 is 0 Å². The lowest BCUT2D eigenvalue weighted by Gasteiger charge is -2.09. The van der Waals surface area contributed by atoms with E-state index < -0.39 is 11.8 Å². The van der Waals surface area contributed by atoms with Gasteiger partial charge in [-0.05, 0) is 80.1 Å². The van der Waals surface area contributed by atoms with E-state index in [1.807, 2.05) is 42.5 Å². The minimum Gasteiger partial charge on any atom is -0.494 e. The fourth-order valence-corrected chi connectivity index (χ4v) is 4.69. The fourth-order valence-electron chi connectivity index (χ4n) is 4.69. The second kappa shape index (κ2) is 12.0. The van der Waals surface area contributed by atoms with Gasteiger partial charge in [-0.1, -0.05) is 12.1 Å². The summed E-state index contributed by atoms with van der Waals surface area (Å²) >= 11 is 0. The lowest BCUT2D eigenvalue weighted by atomic mass is 10.1. The number of hydrogen-bond acceptors (Lipinski definition) is 7. The summed E-state index contributed by atoms with van der Waals surface area (Å²) in [7, 11) is 0. The normalized spacial score (nSPS) is 15.9. The molecule has 5 rings (SSSR count). The molecule has 1 unspecified atom stereocenters. The predicted molar refractivity (Wildman–Crippen MR) is 149 cm³/mol. The van der Waals surface area contributed by atoms with E-state index in [1.165, 1.54) is 0 Å². The summed E-state index contributed by atoms with van der Waals surface area (Å²) in [6.07, 6.45) is 5.65. The highest BCUT2D eigenvalue weighted by molar-refractivity contribution is 6.37. The predicted octanol–water partition coefficient (Wildman–Crippen LogP) is 3.57. The molecule has 3 N–H and O–H groups in total. The SMILES string of the molecule is CCNC(=O)C(=O)[C@H]1CC1c1ccc(OCCCCOc2ccc3c(cnn3-c3ncccc3C(N)=O)c2)cc1. The highest BCUT2D eigenvalue weighted by Crippen LogP contribution is 2.48. The molecule has 0 aliphatic heterocycles. The first-order valence-corrected chi connectivity index (χ1v) is 13.4. The number of rotatable bonds is 13. The molecule has 10 heteroatoms. The zero-order chi connectivity index (χ0) is 28.1. The Kier molecular flexibility index (Phi) is 8.04. The summed E-state index contributed by atoms with van der Waals surface area (Å²) in [5, 5.41) is 7.82. The van der Waals surface area contributed by atoms with E-state index >= 15 is 0 Å². The van der Waals surface area contributed by atoms with Gasteiger partial charge in [-0.25, -0.2) is 9.67 Å². The van der Waals surface area contributed by atoms with Crippen LogP contribution in [0.25, 0.3) is 16.7 Å². The van der Waals surface area contributed by atoms with Crippen molar-refractivity contribution < 1.29 is 23.9 Å². The Hall–Kier alpha value is -4.73. The van der Waals surface area contributed by atoms with Crippen molar-refractivity contribution in [2.75, 3.05) is 19.8 Å². The molecule has 0 radical (unpaired) electrons. The second-order valence-corrected chi connectivity index (χ2v) is 9.66. The topological polar surface area (TPSA) is 138 Å². The lowest BCUT2D eigenvalue weighted by Crippen LogP contribution is -2.32. The third-order valence-corrected chi connectivity index (χ3v) is 6.86. The fraction of sp³-hybridized carbons (Fsp3) is 0.300. The number of likely N-dealkylation sites (N-methyl/N-ethyl adjacent to an activating group) is 1. The van der Waals surface area contributed by atoms with E-state index in [1.54, 1.807) is 36.1 Å². The smallest absolute Gasteiger partial charge is 0.287 e. The van der Waals surface area contributed by atoms with Gasteiger partial charge in [0.1, 0.15) is 11.5 Å². The number of unbranched alkanes of at least 4 members (excludes halogenated alkanes) is 1. The number of benzene rings is 2. The summed E-state index contributed by atoms with van der Waals surface area (Å²) in [6, 6.07) is 16.7. The van der Waals surface area contributed by atoms with E-state index in [2.05, 4.69) is 15.4 Å². The number of Topliss-reactive ketones (excluding diaryl/α,β-unsaturated/α-hetero) is 1. The first-order chi connectivity index (χ1) is 19.5. The van der Waals surface area contributed by atoms with Crippen LogP contribution in [0.4, 0.5) is 0 Å². The molecule has 40 heavy (non-hydrogen) atoms. The van der Waals surface area contributed by atoms with Gasteiger partial charge in [0.05, 0.1) is 30.5 Å². The summed E-state index contributed by atoms with van der Waals surface area (Å²) in [5.41, 5.74) is 7.63. The second-order valence-electron chi connectivity index (χ2n) is 9.66. The number of hydrogen-bond donors (Lipinski definition) is 2. The van der Waals surface area contributed by atoms with E-state index in [9.17, 15) is 14.4 Å². The van der Waals surface area contributed by atoms with Gasteiger partial charge in [0.2, 0.25) is 5.78 Å². The zero-order valence-electron chi connectivity index (χ0n) is 22.2. The molecule has 206 valence electrons. The highest BCUT2D eigenvalue weighted by Gasteiger charge is 2.46. The van der Waals surface area contributed by atoms with Crippen LogP contribution < -0.4 is 20.5 Å². The number of nitrogens with zero attached hydrogens (tertiary/aromatic N) is 3. The van der Waals surface area contributed by atoms with Crippen molar-refractivity contribution in [2.24, 2.45) is 11.7 Å². The quantitative estimate of drug-likeness (QED) is 0.195. The van der Waals surface area contributed by atoms with E-state index in [4.69, 9.17) is 15.2 Å². The van der Waals surface area contributed by atoms with Crippen LogP contribution in [-0.2, 0) is 9.59 Å². The Balaban J connectivity index is 1.05. The maximum atomic E-state index is 12.1. The molecule has 1 aliphatic rings. The van der Waals surface area contributed by atoms with Crippen LogP contribution in [0.2, 0.25) is 0 Å². The van der Waals surface area contributed by atoms with Gasteiger partial charge < -0.3 is 20.5 Å². The molecule has 2 atom stereocenters.